The number of benzene rings is 7. The Hall–Kier alpha value is -5.94. The maximum atomic E-state index is 14.5. The zero-order valence-electron chi connectivity index (χ0n) is 35.3. The van der Waals surface area contributed by atoms with E-state index in [9.17, 15) is 8.78 Å². The molecule has 2 aromatic heterocycles. The summed E-state index contributed by atoms with van der Waals surface area (Å²) in [5, 5.41) is 4.85. The van der Waals surface area contributed by atoms with E-state index in [2.05, 4.69) is 144 Å². The molecule has 2 aliphatic rings. The zero-order chi connectivity index (χ0) is 41.1. The van der Waals surface area contributed by atoms with Gasteiger partial charge in [0.05, 0.1) is 11.0 Å². The van der Waals surface area contributed by atoms with Gasteiger partial charge in [0.15, 0.2) is 0 Å². The van der Waals surface area contributed by atoms with Crippen LogP contribution in [0.4, 0.5) is 8.78 Å². The lowest BCUT2D eigenvalue weighted by Crippen LogP contribution is -2.55. The van der Waals surface area contributed by atoms with E-state index in [4.69, 9.17) is 0 Å². The molecular formula is C54H47BF2N2. The molecule has 0 saturated carbocycles. The van der Waals surface area contributed by atoms with Crippen LogP contribution in [0.1, 0.15) is 79.0 Å². The molecule has 0 fully saturated rings. The van der Waals surface area contributed by atoms with Crippen molar-refractivity contribution in [2.75, 3.05) is 0 Å². The van der Waals surface area contributed by atoms with Crippen molar-refractivity contribution in [1.82, 2.24) is 9.05 Å². The highest BCUT2D eigenvalue weighted by Gasteiger charge is 2.43. The van der Waals surface area contributed by atoms with Crippen molar-refractivity contribution in [1.29, 1.82) is 0 Å². The molecule has 0 atom stereocenters. The van der Waals surface area contributed by atoms with Gasteiger partial charge in [-0.1, -0.05) is 111 Å². The number of halogens is 2. The van der Waals surface area contributed by atoms with Gasteiger partial charge in [0, 0.05) is 43.8 Å². The Bertz CT molecular complexity index is 3270. The van der Waals surface area contributed by atoms with Crippen LogP contribution in [0.3, 0.4) is 0 Å². The lowest BCUT2D eigenvalue weighted by Gasteiger charge is -2.36. The summed E-state index contributed by atoms with van der Waals surface area (Å²) >= 11 is 0. The Balaban J connectivity index is 1.35. The number of fused-ring (bicyclic) bond motifs is 10. The van der Waals surface area contributed by atoms with Crippen LogP contribution in [0, 0.1) is 11.6 Å². The maximum absolute atomic E-state index is 14.5. The van der Waals surface area contributed by atoms with E-state index >= 15 is 0 Å². The molecule has 0 spiro atoms. The Labute approximate surface area is 345 Å². The first-order valence-electron chi connectivity index (χ1n) is 20.9. The van der Waals surface area contributed by atoms with E-state index in [0.29, 0.717) is 0 Å². The fourth-order valence-electron chi connectivity index (χ4n) is 10.0. The topological polar surface area (TPSA) is 9.86 Å². The van der Waals surface area contributed by atoms with Gasteiger partial charge in [-0.25, -0.2) is 8.78 Å². The Morgan fingerprint density at radius 2 is 0.932 bits per heavy atom. The van der Waals surface area contributed by atoms with Crippen LogP contribution in [0.2, 0.25) is 0 Å². The average Bonchev–Trinajstić information content (AvgIpc) is 3.70. The van der Waals surface area contributed by atoms with Crippen molar-refractivity contribution < 1.29 is 8.78 Å². The Morgan fingerprint density at radius 1 is 0.424 bits per heavy atom. The highest BCUT2D eigenvalue weighted by atomic mass is 19.1. The largest absolute Gasteiger partial charge is 0.375 e. The van der Waals surface area contributed by atoms with Gasteiger partial charge >= 0.3 is 6.85 Å². The van der Waals surface area contributed by atoms with Gasteiger partial charge < -0.3 is 9.05 Å². The molecule has 0 saturated heterocycles. The summed E-state index contributed by atoms with van der Waals surface area (Å²) in [4.78, 5) is 0. The van der Waals surface area contributed by atoms with Gasteiger partial charge in [-0.05, 0) is 144 Å². The quantitative estimate of drug-likeness (QED) is 0.155. The summed E-state index contributed by atoms with van der Waals surface area (Å²) in [7, 11) is 0. The second kappa shape index (κ2) is 11.8. The predicted molar refractivity (Wildman–Crippen MR) is 247 cm³/mol. The van der Waals surface area contributed by atoms with Gasteiger partial charge in [-0.3, -0.25) is 0 Å². The Morgan fingerprint density at radius 3 is 1.58 bits per heavy atom. The van der Waals surface area contributed by atoms with Crippen molar-refractivity contribution >= 4 is 61.4 Å². The zero-order valence-corrected chi connectivity index (χ0v) is 35.3. The molecule has 0 bridgehead atoms. The minimum atomic E-state index is -0.251. The molecule has 0 aliphatic carbocycles. The average molecular weight is 773 g/mol. The van der Waals surface area contributed by atoms with E-state index in [1.54, 1.807) is 12.1 Å². The molecule has 4 heterocycles. The third-order valence-electron chi connectivity index (χ3n) is 13.3. The minimum Gasteiger partial charge on any atom is -0.375 e. The third kappa shape index (κ3) is 5.22. The molecule has 290 valence electrons. The van der Waals surface area contributed by atoms with Crippen molar-refractivity contribution in [3.8, 4) is 39.1 Å². The predicted octanol–water partition coefficient (Wildman–Crippen LogP) is 13.3. The van der Waals surface area contributed by atoms with E-state index < -0.39 is 0 Å². The van der Waals surface area contributed by atoms with Crippen LogP contribution in [0.5, 0.6) is 0 Å². The van der Waals surface area contributed by atoms with Crippen LogP contribution < -0.4 is 10.9 Å². The van der Waals surface area contributed by atoms with E-state index in [1.165, 1.54) is 83.9 Å². The molecule has 2 aliphatic heterocycles. The number of hydrogen-bond acceptors (Lipinski definition) is 0. The highest BCUT2D eigenvalue weighted by molar-refractivity contribution is 6.90. The summed E-state index contributed by atoms with van der Waals surface area (Å²) in [6.07, 6.45) is 0. The summed E-state index contributed by atoms with van der Waals surface area (Å²) in [5.74, 6) is -0.499. The van der Waals surface area contributed by atoms with Crippen LogP contribution >= 0.6 is 0 Å². The molecule has 0 N–H and O–H groups in total. The van der Waals surface area contributed by atoms with Gasteiger partial charge in [0.2, 0.25) is 0 Å². The molecule has 7 aromatic carbocycles. The van der Waals surface area contributed by atoms with Gasteiger partial charge in [0.1, 0.15) is 11.6 Å². The van der Waals surface area contributed by atoms with Crippen molar-refractivity contribution in [2.24, 2.45) is 0 Å². The number of nitrogens with zero attached hydrogens (tertiary/aromatic N) is 2. The first-order valence-corrected chi connectivity index (χ1v) is 20.9. The first kappa shape index (κ1) is 36.2. The van der Waals surface area contributed by atoms with Gasteiger partial charge in [0.25, 0.3) is 0 Å². The van der Waals surface area contributed by atoms with Gasteiger partial charge in [-0.2, -0.15) is 0 Å². The molecule has 5 heteroatoms. The molecular weight excluding hydrogens is 725 g/mol. The van der Waals surface area contributed by atoms with Crippen LogP contribution in [0.15, 0.2) is 121 Å². The first-order chi connectivity index (χ1) is 28.0. The summed E-state index contributed by atoms with van der Waals surface area (Å²) in [6, 6.07) is 42.1. The molecule has 0 amide bonds. The van der Waals surface area contributed by atoms with E-state index in [-0.39, 0.29) is 34.7 Å². The van der Waals surface area contributed by atoms with E-state index in [1.807, 2.05) is 24.3 Å². The molecule has 59 heavy (non-hydrogen) atoms. The summed E-state index contributed by atoms with van der Waals surface area (Å²) in [5.41, 5.74) is 18.9. The highest BCUT2D eigenvalue weighted by Crippen LogP contribution is 2.47. The molecule has 0 unspecified atom stereocenters. The van der Waals surface area contributed by atoms with Crippen LogP contribution in [-0.4, -0.2) is 15.9 Å². The van der Waals surface area contributed by atoms with Crippen LogP contribution in [-0.2, 0) is 16.2 Å². The summed E-state index contributed by atoms with van der Waals surface area (Å²) in [6.45, 7) is 20.7. The third-order valence-corrected chi connectivity index (χ3v) is 13.3. The Kier molecular flexibility index (Phi) is 7.26. The number of hydrogen-bond donors (Lipinski definition) is 0. The second-order valence-corrected chi connectivity index (χ2v) is 20.2. The van der Waals surface area contributed by atoms with Crippen LogP contribution in [0.25, 0.3) is 82.7 Å². The molecule has 0 radical (unpaired) electrons. The fraction of sp³-hybridized carbons (Fsp3) is 0.222. The van der Waals surface area contributed by atoms with E-state index in [0.717, 1.165) is 38.5 Å². The lowest BCUT2D eigenvalue weighted by atomic mass is 9.45. The monoisotopic (exact) mass is 772 g/mol. The standard InChI is InChI=1S/C54H47BF2N2/c1-52(2,3)34-15-21-47-40(25-34)43-27-35(53(4,5)6)28-44-41-26-36(54(7,8)9)29-48-49(41)55(59(47)50(43)44)45-24-33(31-12-18-38(57)19-13-31)23-42-39-22-32(30-10-16-37(56)17-11-30)14-20-46(39)58(48)51(42)45/h10-29H,1-9H3. The number of rotatable bonds is 2. The number of aromatic nitrogens is 2. The molecule has 9 aromatic rings. The fourth-order valence-corrected chi connectivity index (χ4v) is 10.0. The van der Waals surface area contributed by atoms with Crippen molar-refractivity contribution in [3.63, 3.8) is 0 Å². The molecule has 2 nitrogen and oxygen atoms in total. The normalized spacial score (nSPS) is 13.6. The van der Waals surface area contributed by atoms with Gasteiger partial charge in [-0.15, -0.1) is 0 Å². The molecule has 11 rings (SSSR count). The summed E-state index contributed by atoms with van der Waals surface area (Å²) < 4.78 is 33.8. The SMILES string of the molecule is CC(C)(C)c1cc2c3c(c1)-n1c4ccc(-c5ccc(F)cc5)cc4c4cc(-c5ccc(F)cc5)cc(c41)B3n1c3ccc(C(C)(C)C)cc3c3cc(C(C)(C)C)cc-2c31. The van der Waals surface area contributed by atoms with Crippen molar-refractivity contribution in [2.45, 2.75) is 78.6 Å². The maximum Gasteiger partial charge on any atom is 0.333 e. The smallest absolute Gasteiger partial charge is 0.333 e. The minimum absolute atomic E-state index is 0.0147. The second-order valence-electron chi connectivity index (χ2n) is 20.2. The van der Waals surface area contributed by atoms with Crippen molar-refractivity contribution in [3.05, 3.63) is 150 Å². The lowest BCUT2D eigenvalue weighted by molar-refractivity contribution is 0.589.